The van der Waals surface area contributed by atoms with Crippen molar-refractivity contribution in [3.05, 3.63) is 53.7 Å². The normalized spacial score (nSPS) is 11.3. The van der Waals surface area contributed by atoms with E-state index in [2.05, 4.69) is 0 Å². The first kappa shape index (κ1) is 21.9. The maximum atomic E-state index is 12.4. The van der Waals surface area contributed by atoms with E-state index in [0.717, 1.165) is 49.3 Å². The molecule has 0 N–H and O–H groups in total. The molecule has 0 saturated carbocycles. The summed E-state index contributed by atoms with van der Waals surface area (Å²) in [4.78, 5) is 29.7. The van der Waals surface area contributed by atoms with Gasteiger partial charge in [0.15, 0.2) is 0 Å². The van der Waals surface area contributed by atoms with Crippen molar-refractivity contribution in [2.24, 2.45) is 0 Å². The van der Waals surface area contributed by atoms with Crippen LogP contribution in [0.15, 0.2) is 48.0 Å². The molecular formula is C26H23N3O4S. The van der Waals surface area contributed by atoms with Crippen LogP contribution in [0, 0.1) is 6.92 Å². The van der Waals surface area contributed by atoms with Crippen LogP contribution >= 0.6 is 11.3 Å². The van der Waals surface area contributed by atoms with E-state index in [9.17, 15) is 9.59 Å². The number of carbonyl (C=O) groups excluding carboxylic acids is 2. The van der Waals surface area contributed by atoms with E-state index in [1.54, 1.807) is 30.3 Å². The number of aromatic nitrogens is 3. The van der Waals surface area contributed by atoms with Gasteiger partial charge in [-0.05, 0) is 37.3 Å². The van der Waals surface area contributed by atoms with Crippen molar-refractivity contribution in [1.29, 1.82) is 0 Å². The van der Waals surface area contributed by atoms with E-state index >= 15 is 0 Å². The Kier molecular flexibility index (Phi) is 5.25. The summed E-state index contributed by atoms with van der Waals surface area (Å²) in [6, 6.07) is 11.4. The first-order chi connectivity index (χ1) is 16.3. The van der Waals surface area contributed by atoms with Gasteiger partial charge in [0.25, 0.3) is 0 Å². The van der Waals surface area contributed by atoms with Crippen molar-refractivity contribution in [1.82, 2.24) is 14.1 Å². The molecule has 3 heterocycles. The van der Waals surface area contributed by atoms with E-state index in [-0.39, 0.29) is 11.8 Å². The second-order valence-corrected chi connectivity index (χ2v) is 8.91. The predicted octanol–water partition coefficient (Wildman–Crippen LogP) is 6.03. The molecule has 2 aromatic carbocycles. The molecule has 0 unspecified atom stereocenters. The van der Waals surface area contributed by atoms with Gasteiger partial charge in [-0.3, -0.25) is 18.7 Å². The molecule has 8 heteroatoms. The largest absolute Gasteiger partial charge is 0.497 e. The van der Waals surface area contributed by atoms with Crippen LogP contribution in [0.1, 0.15) is 29.1 Å². The highest BCUT2D eigenvalue weighted by Crippen LogP contribution is 2.40. The lowest BCUT2D eigenvalue weighted by Crippen LogP contribution is -2.07. The fraction of sp³-hybridized carbons (Fsp3) is 0.192. The van der Waals surface area contributed by atoms with Gasteiger partial charge in [0, 0.05) is 59.1 Å². The summed E-state index contributed by atoms with van der Waals surface area (Å²) < 4.78 is 14.1. The number of rotatable bonds is 4. The third kappa shape index (κ3) is 3.30. The zero-order valence-electron chi connectivity index (χ0n) is 19.5. The van der Waals surface area contributed by atoms with Crippen molar-refractivity contribution in [3.8, 4) is 33.3 Å². The third-order valence-corrected chi connectivity index (χ3v) is 6.94. The Labute approximate surface area is 200 Å². The summed E-state index contributed by atoms with van der Waals surface area (Å²) in [6.45, 7) is 5.01. The molecule has 0 fully saturated rings. The highest BCUT2D eigenvalue weighted by atomic mass is 32.1. The third-order valence-electron chi connectivity index (χ3n) is 6.07. The summed E-state index contributed by atoms with van der Waals surface area (Å²) in [5.74, 6) is 1.24. The molecular weight excluding hydrogens is 450 g/mol. The van der Waals surface area contributed by atoms with Crippen molar-refractivity contribution in [2.45, 2.75) is 20.8 Å². The van der Waals surface area contributed by atoms with Gasteiger partial charge in [-0.1, -0.05) is 0 Å². The van der Waals surface area contributed by atoms with Gasteiger partial charge in [-0.15, -0.1) is 11.3 Å². The molecule has 0 saturated heterocycles. The molecule has 0 radical (unpaired) electrons. The number of hydrogen-bond donors (Lipinski definition) is 0. The summed E-state index contributed by atoms with van der Waals surface area (Å²) in [7, 11) is 3.22. The molecule has 0 bridgehead atoms. The lowest BCUT2D eigenvalue weighted by Gasteiger charge is -2.03. The number of ether oxygens (including phenoxy) is 2. The number of fused-ring (bicyclic) bond motifs is 2. The van der Waals surface area contributed by atoms with Crippen molar-refractivity contribution in [2.75, 3.05) is 14.2 Å². The predicted molar refractivity (Wildman–Crippen MR) is 134 cm³/mol. The Morgan fingerprint density at radius 2 is 1.62 bits per heavy atom. The minimum absolute atomic E-state index is 0.0622. The first-order valence-electron chi connectivity index (χ1n) is 10.7. The molecule has 0 atom stereocenters. The highest BCUT2D eigenvalue weighted by molar-refractivity contribution is 7.13. The van der Waals surface area contributed by atoms with Gasteiger partial charge in [0.2, 0.25) is 11.8 Å². The molecule has 0 aliphatic heterocycles. The Bertz CT molecular complexity index is 1610. The quantitative estimate of drug-likeness (QED) is 0.318. The highest BCUT2D eigenvalue weighted by Gasteiger charge is 2.22. The minimum atomic E-state index is -0.0891. The molecule has 7 nitrogen and oxygen atoms in total. The average molecular weight is 474 g/mol. The number of benzene rings is 2. The van der Waals surface area contributed by atoms with E-state index in [4.69, 9.17) is 14.5 Å². The zero-order valence-corrected chi connectivity index (χ0v) is 20.3. The summed E-state index contributed by atoms with van der Waals surface area (Å²) in [5, 5.41) is 4.60. The van der Waals surface area contributed by atoms with Crippen LogP contribution in [0.25, 0.3) is 43.6 Å². The van der Waals surface area contributed by atoms with Crippen molar-refractivity contribution in [3.63, 3.8) is 0 Å². The fourth-order valence-electron chi connectivity index (χ4n) is 4.53. The summed E-state index contributed by atoms with van der Waals surface area (Å²) >= 11 is 1.50. The van der Waals surface area contributed by atoms with Gasteiger partial charge in [-0.2, -0.15) is 0 Å². The van der Waals surface area contributed by atoms with E-state index in [0.29, 0.717) is 11.5 Å². The topological polar surface area (TPSA) is 75.3 Å². The van der Waals surface area contributed by atoms with Crippen LogP contribution in [0.4, 0.5) is 0 Å². The number of hydrogen-bond acceptors (Lipinski definition) is 6. The lowest BCUT2D eigenvalue weighted by molar-refractivity contribution is 0.0932. The fourth-order valence-corrected chi connectivity index (χ4v) is 5.37. The Morgan fingerprint density at radius 1 is 0.912 bits per heavy atom. The summed E-state index contributed by atoms with van der Waals surface area (Å²) in [5.41, 5.74) is 4.94. The second-order valence-electron chi connectivity index (χ2n) is 8.05. The number of nitrogens with zero attached hydrogens (tertiary/aromatic N) is 3. The Hall–Kier alpha value is -3.91. The van der Waals surface area contributed by atoms with Crippen LogP contribution in [-0.4, -0.2) is 40.2 Å². The Morgan fingerprint density at radius 3 is 2.29 bits per heavy atom. The van der Waals surface area contributed by atoms with Crippen molar-refractivity contribution < 1.29 is 19.1 Å². The molecule has 172 valence electrons. The van der Waals surface area contributed by atoms with Crippen LogP contribution in [0.2, 0.25) is 0 Å². The second kappa shape index (κ2) is 8.14. The summed E-state index contributed by atoms with van der Waals surface area (Å²) in [6.07, 6.45) is 1.82. The van der Waals surface area contributed by atoms with Gasteiger partial charge < -0.3 is 9.47 Å². The van der Waals surface area contributed by atoms with Gasteiger partial charge in [0.05, 0.1) is 30.9 Å². The van der Waals surface area contributed by atoms with E-state index in [1.165, 1.54) is 18.3 Å². The molecule has 0 amide bonds. The smallest absolute Gasteiger partial charge is 0.228 e. The number of carbonyl (C=O) groups is 2. The average Bonchev–Trinajstić information content (AvgIpc) is 3.51. The molecule has 34 heavy (non-hydrogen) atoms. The SMILES string of the molecule is COc1ccc2c(c1)c(-c1csc(-c3cn(C(C)=O)c4cc(OC)ccc34)n1)c(C)n2C(C)=O. The van der Waals surface area contributed by atoms with E-state index < -0.39 is 0 Å². The number of methoxy groups -OCH3 is 2. The van der Waals surface area contributed by atoms with Crippen LogP contribution in [0.3, 0.4) is 0 Å². The molecule has 5 rings (SSSR count). The maximum Gasteiger partial charge on any atom is 0.228 e. The number of thiazole rings is 1. The maximum absolute atomic E-state index is 12.4. The zero-order chi connectivity index (χ0) is 24.1. The Balaban J connectivity index is 1.72. The lowest BCUT2D eigenvalue weighted by atomic mass is 10.1. The van der Waals surface area contributed by atoms with Crippen molar-refractivity contribution >= 4 is 45.0 Å². The van der Waals surface area contributed by atoms with Gasteiger partial charge in [0.1, 0.15) is 16.5 Å². The van der Waals surface area contributed by atoms with Gasteiger partial charge in [-0.25, -0.2) is 4.98 Å². The molecule has 0 aliphatic carbocycles. The van der Waals surface area contributed by atoms with Crippen LogP contribution in [-0.2, 0) is 0 Å². The monoisotopic (exact) mass is 473 g/mol. The molecule has 0 aliphatic rings. The first-order valence-corrected chi connectivity index (χ1v) is 11.6. The molecule has 5 aromatic rings. The van der Waals surface area contributed by atoms with Gasteiger partial charge >= 0.3 is 0 Å². The van der Waals surface area contributed by atoms with Crippen LogP contribution < -0.4 is 9.47 Å². The molecule has 3 aromatic heterocycles. The standard InChI is InChI=1S/C26H23N3O4S/c1-14-25(20-10-17(32-4)7-9-23(20)29(14)16(3)31)22-13-34-26(27-22)21-12-28(15(2)30)24-11-18(33-5)6-8-19(21)24/h6-13H,1-5H3. The van der Waals surface area contributed by atoms with E-state index in [1.807, 2.05) is 54.9 Å². The minimum Gasteiger partial charge on any atom is -0.497 e. The molecule has 0 spiro atoms. The van der Waals surface area contributed by atoms with Crippen LogP contribution in [0.5, 0.6) is 11.5 Å².